The second-order valence-electron chi connectivity index (χ2n) is 8.21. The molecular formula is C23H17F3N6O4. The van der Waals surface area contributed by atoms with E-state index in [1.54, 1.807) is 30.3 Å². The number of hydrogen-bond acceptors (Lipinski definition) is 6. The summed E-state index contributed by atoms with van der Waals surface area (Å²) in [7, 11) is 0. The highest BCUT2D eigenvalue weighted by Gasteiger charge is 2.51. The molecule has 0 bridgehead atoms. The zero-order chi connectivity index (χ0) is 25.7. The third-order valence-corrected chi connectivity index (χ3v) is 5.76. The highest BCUT2D eigenvalue weighted by molar-refractivity contribution is 6.10. The molecule has 2 aromatic carbocycles. The van der Waals surface area contributed by atoms with Crippen molar-refractivity contribution in [2.75, 3.05) is 11.9 Å². The van der Waals surface area contributed by atoms with Crippen LogP contribution in [0.15, 0.2) is 65.6 Å². The van der Waals surface area contributed by atoms with Gasteiger partial charge in [-0.3, -0.25) is 14.5 Å². The molecule has 184 valence electrons. The van der Waals surface area contributed by atoms with Crippen LogP contribution < -0.4 is 10.6 Å². The van der Waals surface area contributed by atoms with E-state index in [9.17, 15) is 27.6 Å². The number of imide groups is 1. The van der Waals surface area contributed by atoms with Gasteiger partial charge in [0.05, 0.1) is 16.9 Å². The number of para-hydroxylation sites is 1. The summed E-state index contributed by atoms with van der Waals surface area (Å²) in [4.78, 5) is 43.0. The van der Waals surface area contributed by atoms with Gasteiger partial charge in [0.25, 0.3) is 5.91 Å². The Morgan fingerprint density at radius 3 is 2.64 bits per heavy atom. The van der Waals surface area contributed by atoms with Gasteiger partial charge in [-0.1, -0.05) is 18.2 Å². The Hall–Kier alpha value is -4.68. The van der Waals surface area contributed by atoms with Gasteiger partial charge in [-0.2, -0.15) is 18.3 Å². The molecule has 0 aliphatic carbocycles. The number of benzene rings is 2. The van der Waals surface area contributed by atoms with E-state index >= 15 is 0 Å². The van der Waals surface area contributed by atoms with Crippen LogP contribution in [0.3, 0.4) is 0 Å². The Labute approximate surface area is 200 Å². The van der Waals surface area contributed by atoms with Gasteiger partial charge >= 0.3 is 12.2 Å². The predicted molar refractivity (Wildman–Crippen MR) is 119 cm³/mol. The van der Waals surface area contributed by atoms with E-state index in [1.807, 2.05) is 0 Å². The summed E-state index contributed by atoms with van der Waals surface area (Å²) >= 11 is 0. The number of rotatable bonds is 5. The SMILES string of the molecule is C[C@]1(c2cc3ccccc3o2)NC(=O)N(CC(=O)Nc2cc(C(F)(F)F)ccc2-n2cncn2)C1=O. The first-order chi connectivity index (χ1) is 17.1. The van der Waals surface area contributed by atoms with Crippen LogP contribution in [0.25, 0.3) is 16.7 Å². The molecule has 1 aliphatic heterocycles. The molecule has 10 nitrogen and oxygen atoms in total. The topological polar surface area (TPSA) is 122 Å². The van der Waals surface area contributed by atoms with Crippen LogP contribution in [0.2, 0.25) is 0 Å². The second kappa shape index (κ2) is 8.22. The number of hydrogen-bond donors (Lipinski definition) is 2. The minimum absolute atomic E-state index is 0.109. The average Bonchev–Trinajstić information content (AvgIpc) is 3.55. The number of alkyl halides is 3. The first-order valence-corrected chi connectivity index (χ1v) is 10.6. The lowest BCUT2D eigenvalue weighted by atomic mass is 9.99. The Morgan fingerprint density at radius 1 is 1.17 bits per heavy atom. The summed E-state index contributed by atoms with van der Waals surface area (Å²) in [6.45, 7) is 0.700. The number of amides is 4. The maximum absolute atomic E-state index is 13.3. The number of halogens is 3. The maximum Gasteiger partial charge on any atom is 0.416 e. The van der Waals surface area contributed by atoms with Gasteiger partial charge in [0.1, 0.15) is 30.5 Å². The number of carbonyl (C=O) groups is 3. The Morgan fingerprint density at radius 2 is 1.94 bits per heavy atom. The summed E-state index contributed by atoms with van der Waals surface area (Å²) in [5, 5.41) is 9.47. The highest BCUT2D eigenvalue weighted by Crippen LogP contribution is 2.34. The molecule has 3 heterocycles. The van der Waals surface area contributed by atoms with Crippen molar-refractivity contribution in [2.45, 2.75) is 18.6 Å². The van der Waals surface area contributed by atoms with Crippen LogP contribution in [0.1, 0.15) is 18.2 Å². The van der Waals surface area contributed by atoms with Crippen LogP contribution in [0.5, 0.6) is 0 Å². The molecule has 0 saturated carbocycles. The molecule has 0 unspecified atom stereocenters. The van der Waals surface area contributed by atoms with Crippen LogP contribution in [-0.4, -0.2) is 44.1 Å². The Balaban J connectivity index is 1.39. The minimum Gasteiger partial charge on any atom is -0.458 e. The normalized spacial score (nSPS) is 18.1. The molecule has 13 heteroatoms. The van der Waals surface area contributed by atoms with Crippen molar-refractivity contribution in [1.29, 1.82) is 0 Å². The van der Waals surface area contributed by atoms with Crippen LogP contribution in [0, 0.1) is 0 Å². The fourth-order valence-corrected chi connectivity index (χ4v) is 3.91. The number of aromatic nitrogens is 3. The predicted octanol–water partition coefficient (Wildman–Crippen LogP) is 3.44. The zero-order valence-corrected chi connectivity index (χ0v) is 18.5. The molecule has 2 N–H and O–H groups in total. The largest absolute Gasteiger partial charge is 0.458 e. The van der Waals surface area contributed by atoms with Crippen molar-refractivity contribution >= 4 is 34.5 Å². The number of nitrogens with zero attached hydrogens (tertiary/aromatic N) is 4. The molecule has 1 saturated heterocycles. The van der Waals surface area contributed by atoms with E-state index in [-0.39, 0.29) is 17.1 Å². The number of carbonyl (C=O) groups excluding carboxylic acids is 3. The second-order valence-corrected chi connectivity index (χ2v) is 8.21. The molecule has 2 aromatic heterocycles. The van der Waals surface area contributed by atoms with Crippen molar-refractivity contribution in [3.05, 3.63) is 72.5 Å². The molecule has 0 radical (unpaired) electrons. The van der Waals surface area contributed by atoms with Gasteiger partial charge in [0, 0.05) is 5.39 Å². The van der Waals surface area contributed by atoms with Crippen molar-refractivity contribution in [2.24, 2.45) is 0 Å². The number of anilines is 1. The summed E-state index contributed by atoms with van der Waals surface area (Å²) in [5.74, 6) is -1.47. The van der Waals surface area contributed by atoms with E-state index in [4.69, 9.17) is 4.42 Å². The van der Waals surface area contributed by atoms with Crippen molar-refractivity contribution in [3.63, 3.8) is 0 Å². The third kappa shape index (κ3) is 3.93. The Kier molecular flexibility index (Phi) is 5.27. The first kappa shape index (κ1) is 23.1. The quantitative estimate of drug-likeness (QED) is 0.407. The number of urea groups is 1. The van der Waals surface area contributed by atoms with Gasteiger partial charge in [0.2, 0.25) is 5.91 Å². The number of nitrogens with one attached hydrogen (secondary N) is 2. The molecule has 4 amide bonds. The minimum atomic E-state index is -4.67. The molecule has 4 aromatic rings. The zero-order valence-electron chi connectivity index (χ0n) is 18.5. The number of fused-ring (bicyclic) bond motifs is 1. The van der Waals surface area contributed by atoms with Crippen molar-refractivity contribution in [3.8, 4) is 5.69 Å². The lowest BCUT2D eigenvalue weighted by molar-refractivity contribution is -0.137. The lowest BCUT2D eigenvalue weighted by Gasteiger charge is -2.19. The fraction of sp³-hybridized carbons (Fsp3) is 0.174. The first-order valence-electron chi connectivity index (χ1n) is 10.6. The molecular weight excluding hydrogens is 481 g/mol. The fourth-order valence-electron chi connectivity index (χ4n) is 3.91. The summed E-state index contributed by atoms with van der Waals surface area (Å²) < 4.78 is 46.7. The van der Waals surface area contributed by atoms with Crippen LogP contribution in [0.4, 0.5) is 23.7 Å². The number of furan rings is 1. The Bertz CT molecular complexity index is 1460. The third-order valence-electron chi connectivity index (χ3n) is 5.76. The van der Waals surface area contributed by atoms with E-state index < -0.39 is 41.7 Å². The van der Waals surface area contributed by atoms with Crippen molar-refractivity contribution < 1.29 is 32.0 Å². The van der Waals surface area contributed by atoms with E-state index in [2.05, 4.69) is 20.7 Å². The van der Waals surface area contributed by atoms with E-state index in [0.29, 0.717) is 10.5 Å². The molecule has 1 fully saturated rings. The standard InChI is InChI=1S/C23H17F3N6O4/c1-22(18-8-13-4-2-3-5-17(13)36-18)20(34)31(21(35)30-22)10-19(33)29-15-9-14(23(24,25)26)6-7-16(15)32-12-27-11-28-32/h2-9,11-12H,10H2,1H3,(H,29,33)(H,30,35)/t22-/m1/s1. The summed E-state index contributed by atoms with van der Waals surface area (Å²) in [6.07, 6.45) is -2.25. The molecule has 0 spiro atoms. The van der Waals surface area contributed by atoms with Gasteiger partial charge in [-0.05, 0) is 37.3 Å². The summed E-state index contributed by atoms with van der Waals surface area (Å²) in [5.41, 5.74) is -2.18. The van der Waals surface area contributed by atoms with Crippen LogP contribution in [-0.2, 0) is 21.3 Å². The smallest absolute Gasteiger partial charge is 0.416 e. The highest BCUT2D eigenvalue weighted by atomic mass is 19.4. The van der Waals surface area contributed by atoms with E-state index in [0.717, 1.165) is 23.6 Å². The molecule has 36 heavy (non-hydrogen) atoms. The molecule has 1 atom stereocenters. The van der Waals surface area contributed by atoms with Gasteiger partial charge in [-0.25, -0.2) is 14.5 Å². The van der Waals surface area contributed by atoms with Gasteiger partial charge in [0.15, 0.2) is 5.54 Å². The van der Waals surface area contributed by atoms with Crippen LogP contribution >= 0.6 is 0 Å². The lowest BCUT2D eigenvalue weighted by Crippen LogP contribution is -2.42. The molecule has 5 rings (SSSR count). The average molecular weight is 498 g/mol. The van der Waals surface area contributed by atoms with Crippen molar-refractivity contribution in [1.82, 2.24) is 25.0 Å². The monoisotopic (exact) mass is 498 g/mol. The van der Waals surface area contributed by atoms with E-state index in [1.165, 1.54) is 24.3 Å². The maximum atomic E-state index is 13.3. The van der Waals surface area contributed by atoms with Gasteiger partial charge in [-0.15, -0.1) is 0 Å². The summed E-state index contributed by atoms with van der Waals surface area (Å²) in [6, 6.07) is 10.5. The molecule has 1 aliphatic rings. The van der Waals surface area contributed by atoms with Gasteiger partial charge < -0.3 is 15.1 Å².